The molecule has 0 aliphatic carbocycles. The van der Waals surface area contributed by atoms with Crippen LogP contribution >= 0.6 is 12.4 Å². The van der Waals surface area contributed by atoms with Crippen molar-refractivity contribution in [2.75, 3.05) is 26.1 Å². The van der Waals surface area contributed by atoms with Crippen molar-refractivity contribution in [1.82, 2.24) is 0 Å². The molecule has 2 nitrogen and oxygen atoms in total. The molecule has 0 saturated heterocycles. The second-order valence-corrected chi connectivity index (χ2v) is 3.45. The Morgan fingerprint density at radius 2 is 1.62 bits per heavy atom. The zero-order valence-electron chi connectivity index (χ0n) is 10.5. The molecule has 1 rings (SSSR count). The first-order valence-corrected chi connectivity index (χ1v) is 4.39. The van der Waals surface area contributed by atoms with Crippen molar-refractivity contribution < 1.29 is 36.6 Å². The maximum absolute atomic E-state index is 5.26. The van der Waals surface area contributed by atoms with E-state index in [0.29, 0.717) is 0 Å². The Labute approximate surface area is 123 Å². The van der Waals surface area contributed by atoms with Crippen LogP contribution in [0.15, 0.2) is 12.1 Å². The minimum absolute atomic E-state index is 0. The van der Waals surface area contributed by atoms with Gasteiger partial charge in [0.1, 0.15) is 5.75 Å². The molecule has 88 valence electrons. The maximum Gasteiger partial charge on any atom is 2.00 e. The summed E-state index contributed by atoms with van der Waals surface area (Å²) in [4.78, 5) is 2.12. The fraction of sp³-hybridized carbons (Fsp3) is 0.455. The summed E-state index contributed by atoms with van der Waals surface area (Å²) in [6.07, 6.45) is 0. The topological polar surface area (TPSA) is 12.5 Å². The number of anilines is 1. The number of halogens is 2. The molecule has 0 heterocycles. The van der Waals surface area contributed by atoms with Gasteiger partial charge in [-0.25, -0.2) is 0 Å². The number of ether oxygens (including phenoxy) is 1. The summed E-state index contributed by atoms with van der Waals surface area (Å²) in [5.41, 5.74) is 3.73. The largest absolute Gasteiger partial charge is 2.00 e. The SMILES string of the molecule is COc1ccc(C)c(N(C)C)c1C.Cl.[Cl-].[Zn+2]. The molecule has 0 aromatic heterocycles. The van der Waals surface area contributed by atoms with Gasteiger partial charge < -0.3 is 22.0 Å². The normalized spacial score (nSPS) is 8.06. The molecule has 0 spiro atoms. The van der Waals surface area contributed by atoms with E-state index in [4.69, 9.17) is 4.74 Å². The summed E-state index contributed by atoms with van der Waals surface area (Å²) in [6, 6.07) is 4.10. The van der Waals surface area contributed by atoms with Crippen LogP contribution in [0.25, 0.3) is 0 Å². The molecule has 0 N–H and O–H groups in total. The molecule has 16 heavy (non-hydrogen) atoms. The van der Waals surface area contributed by atoms with Crippen molar-refractivity contribution >= 4 is 18.1 Å². The molecule has 0 unspecified atom stereocenters. The van der Waals surface area contributed by atoms with Gasteiger partial charge in [0.2, 0.25) is 0 Å². The third kappa shape index (κ3) is 4.49. The average molecular weight is 317 g/mol. The van der Waals surface area contributed by atoms with Crippen LogP contribution in [-0.2, 0) is 19.5 Å². The number of rotatable bonds is 2. The first-order chi connectivity index (χ1) is 6.07. The van der Waals surface area contributed by atoms with Crippen LogP contribution in [0, 0.1) is 13.8 Å². The first-order valence-electron chi connectivity index (χ1n) is 4.39. The number of benzene rings is 1. The van der Waals surface area contributed by atoms with Crippen molar-refractivity contribution in [3.05, 3.63) is 23.3 Å². The second-order valence-electron chi connectivity index (χ2n) is 3.45. The smallest absolute Gasteiger partial charge is 1.00 e. The molecule has 0 aliphatic heterocycles. The predicted octanol–water partition coefficient (Wildman–Crippen LogP) is -0.199. The summed E-state index contributed by atoms with van der Waals surface area (Å²) < 4.78 is 5.26. The quantitative estimate of drug-likeness (QED) is 0.701. The summed E-state index contributed by atoms with van der Waals surface area (Å²) in [6.45, 7) is 4.20. The monoisotopic (exact) mass is 314 g/mol. The molecule has 1 aromatic rings. The number of aryl methyl sites for hydroxylation is 1. The molecule has 1 aromatic carbocycles. The van der Waals surface area contributed by atoms with E-state index in [1.54, 1.807) is 7.11 Å². The Morgan fingerprint density at radius 3 is 2.00 bits per heavy atom. The first kappa shape index (κ1) is 21.3. The minimum Gasteiger partial charge on any atom is -1.00 e. The predicted molar refractivity (Wildman–Crippen MR) is 64.0 cm³/mol. The van der Waals surface area contributed by atoms with Gasteiger partial charge in [-0.05, 0) is 25.5 Å². The molecule has 0 aliphatic rings. The van der Waals surface area contributed by atoms with Crippen LogP contribution in [-0.4, -0.2) is 21.2 Å². The van der Waals surface area contributed by atoms with E-state index in [-0.39, 0.29) is 44.3 Å². The van der Waals surface area contributed by atoms with Crippen molar-refractivity contribution in [3.8, 4) is 5.75 Å². The molecule has 0 bridgehead atoms. The van der Waals surface area contributed by atoms with E-state index in [9.17, 15) is 0 Å². The van der Waals surface area contributed by atoms with E-state index in [0.717, 1.165) is 5.75 Å². The molecular weight excluding hydrogens is 298 g/mol. The molecule has 0 amide bonds. The van der Waals surface area contributed by atoms with Gasteiger partial charge in [0.05, 0.1) is 7.11 Å². The zero-order valence-corrected chi connectivity index (χ0v) is 15.0. The molecular formula is C11H18Cl2NOZn+. The zero-order chi connectivity index (χ0) is 10.0. The van der Waals surface area contributed by atoms with Crippen LogP contribution in [0.5, 0.6) is 5.75 Å². The van der Waals surface area contributed by atoms with Crippen LogP contribution < -0.4 is 22.0 Å². The van der Waals surface area contributed by atoms with Crippen LogP contribution in [0.4, 0.5) is 5.69 Å². The van der Waals surface area contributed by atoms with Gasteiger partial charge in [0.25, 0.3) is 0 Å². The van der Waals surface area contributed by atoms with Crippen molar-refractivity contribution in [3.63, 3.8) is 0 Å². The van der Waals surface area contributed by atoms with E-state index in [1.807, 2.05) is 6.07 Å². The summed E-state index contributed by atoms with van der Waals surface area (Å²) in [5, 5.41) is 0. The van der Waals surface area contributed by atoms with Gasteiger partial charge in [-0.1, -0.05) is 6.07 Å². The molecule has 0 saturated carbocycles. The van der Waals surface area contributed by atoms with Gasteiger partial charge in [-0.2, -0.15) is 0 Å². The van der Waals surface area contributed by atoms with Crippen molar-refractivity contribution in [2.24, 2.45) is 0 Å². The van der Waals surface area contributed by atoms with E-state index in [2.05, 4.69) is 38.9 Å². The fourth-order valence-corrected chi connectivity index (χ4v) is 1.73. The Morgan fingerprint density at radius 1 is 1.12 bits per heavy atom. The van der Waals surface area contributed by atoms with Gasteiger partial charge in [0, 0.05) is 25.3 Å². The number of nitrogens with zero attached hydrogens (tertiary/aromatic N) is 1. The van der Waals surface area contributed by atoms with Crippen molar-refractivity contribution in [2.45, 2.75) is 13.8 Å². The van der Waals surface area contributed by atoms with E-state index in [1.165, 1.54) is 16.8 Å². The van der Waals surface area contributed by atoms with Crippen LogP contribution in [0.3, 0.4) is 0 Å². The number of methoxy groups -OCH3 is 1. The van der Waals surface area contributed by atoms with Gasteiger partial charge in [0.15, 0.2) is 0 Å². The van der Waals surface area contributed by atoms with Gasteiger partial charge in [-0.3, -0.25) is 0 Å². The van der Waals surface area contributed by atoms with Crippen molar-refractivity contribution in [1.29, 1.82) is 0 Å². The summed E-state index contributed by atoms with van der Waals surface area (Å²) in [7, 11) is 5.81. The van der Waals surface area contributed by atoms with Gasteiger partial charge in [-0.15, -0.1) is 12.4 Å². The van der Waals surface area contributed by atoms with E-state index >= 15 is 0 Å². The number of hydrogen-bond donors (Lipinski definition) is 0. The summed E-state index contributed by atoms with van der Waals surface area (Å²) in [5.74, 6) is 0.953. The summed E-state index contributed by atoms with van der Waals surface area (Å²) >= 11 is 0. The molecule has 5 heteroatoms. The molecule has 0 atom stereocenters. The standard InChI is InChI=1S/C11H17NO.2ClH.Zn/c1-8-6-7-10(13-5)9(2)11(8)12(3)4;;;/h6-7H,1-5H3;2*1H;/q;;;+2/p-1. The Hall–Kier alpha value is 0.0234. The maximum atomic E-state index is 5.26. The fourth-order valence-electron chi connectivity index (χ4n) is 1.73. The van der Waals surface area contributed by atoms with Gasteiger partial charge >= 0.3 is 19.5 Å². The number of hydrogen-bond acceptors (Lipinski definition) is 2. The Balaban J connectivity index is -0.000000563. The van der Waals surface area contributed by atoms with Crippen LogP contribution in [0.1, 0.15) is 11.1 Å². The van der Waals surface area contributed by atoms with E-state index < -0.39 is 0 Å². The Kier molecular flexibility index (Phi) is 12.1. The molecule has 0 fully saturated rings. The third-order valence-corrected chi connectivity index (χ3v) is 2.25. The third-order valence-electron chi connectivity index (χ3n) is 2.25. The Bertz CT molecular complexity index is 319. The molecule has 0 radical (unpaired) electrons. The second kappa shape index (κ2) is 9.09. The van der Waals surface area contributed by atoms with Crippen LogP contribution in [0.2, 0.25) is 0 Å². The average Bonchev–Trinajstić information content (AvgIpc) is 2.04. The minimum atomic E-state index is 0.